The molecule has 21 heavy (non-hydrogen) atoms. The second-order valence-corrected chi connectivity index (χ2v) is 4.38. The Labute approximate surface area is 117 Å². The molecule has 0 aliphatic rings. The Morgan fingerprint density at radius 1 is 1.43 bits per heavy atom. The fourth-order valence-electron chi connectivity index (χ4n) is 1.74. The first-order valence-corrected chi connectivity index (χ1v) is 5.99. The van der Waals surface area contributed by atoms with Crippen LogP contribution in [0, 0.1) is 0 Å². The molecule has 0 aromatic carbocycles. The maximum atomic E-state index is 12.6. The van der Waals surface area contributed by atoms with Crippen LogP contribution in [-0.2, 0) is 17.9 Å². The summed E-state index contributed by atoms with van der Waals surface area (Å²) < 4.78 is 43.9. The van der Waals surface area contributed by atoms with Gasteiger partial charge in [0.2, 0.25) is 5.91 Å². The minimum Gasteiger partial charge on any atom is -0.467 e. The maximum absolute atomic E-state index is 12.6. The zero-order valence-corrected chi connectivity index (χ0v) is 10.9. The van der Waals surface area contributed by atoms with Crippen molar-refractivity contribution in [2.45, 2.75) is 19.3 Å². The predicted octanol–water partition coefficient (Wildman–Crippen LogP) is 1.65. The van der Waals surface area contributed by atoms with Crippen molar-refractivity contribution in [2.75, 3.05) is 12.3 Å². The molecule has 2 N–H and O–H groups in total. The number of hydrogen-bond donors (Lipinski definition) is 1. The number of carbonyl (C=O) groups excluding carboxylic acids is 1. The Morgan fingerprint density at radius 2 is 2.19 bits per heavy atom. The van der Waals surface area contributed by atoms with Crippen LogP contribution in [0.5, 0.6) is 0 Å². The molecule has 6 nitrogen and oxygen atoms in total. The van der Waals surface area contributed by atoms with Gasteiger partial charge >= 0.3 is 6.18 Å². The number of carbonyl (C=O) groups is 1. The van der Waals surface area contributed by atoms with Gasteiger partial charge in [-0.05, 0) is 18.2 Å². The van der Waals surface area contributed by atoms with Crippen molar-refractivity contribution in [3.05, 3.63) is 36.4 Å². The van der Waals surface area contributed by atoms with Crippen molar-refractivity contribution in [1.82, 2.24) is 14.7 Å². The van der Waals surface area contributed by atoms with Gasteiger partial charge in [0.1, 0.15) is 24.7 Å². The number of anilines is 1. The van der Waals surface area contributed by atoms with Gasteiger partial charge in [-0.15, -0.1) is 0 Å². The molecule has 2 heterocycles. The summed E-state index contributed by atoms with van der Waals surface area (Å²) in [5, 5.41) is 3.77. The molecule has 0 bridgehead atoms. The van der Waals surface area contributed by atoms with Gasteiger partial charge in [0.05, 0.1) is 12.8 Å². The first-order chi connectivity index (χ1) is 9.83. The number of nitrogens with two attached hydrogens (primary N) is 1. The van der Waals surface area contributed by atoms with Crippen LogP contribution in [0.3, 0.4) is 0 Å². The number of furan rings is 1. The molecule has 0 saturated heterocycles. The monoisotopic (exact) mass is 302 g/mol. The van der Waals surface area contributed by atoms with Gasteiger partial charge in [-0.25, -0.2) is 0 Å². The molecule has 0 saturated carbocycles. The van der Waals surface area contributed by atoms with Gasteiger partial charge in [0.25, 0.3) is 0 Å². The minimum absolute atomic E-state index is 0.191. The number of aromatic nitrogens is 2. The Morgan fingerprint density at radius 3 is 2.71 bits per heavy atom. The second kappa shape index (κ2) is 5.90. The molecule has 0 fully saturated rings. The normalized spacial score (nSPS) is 11.6. The van der Waals surface area contributed by atoms with E-state index < -0.39 is 18.6 Å². The predicted molar refractivity (Wildman–Crippen MR) is 66.8 cm³/mol. The molecule has 2 rings (SSSR count). The molecule has 9 heteroatoms. The number of nitrogen functional groups attached to an aromatic ring is 1. The van der Waals surface area contributed by atoms with Crippen LogP contribution in [0.2, 0.25) is 0 Å². The summed E-state index contributed by atoms with van der Waals surface area (Å²) in [4.78, 5) is 12.7. The molecule has 2 aromatic rings. The lowest BCUT2D eigenvalue weighted by Crippen LogP contribution is -2.40. The third kappa shape index (κ3) is 4.55. The van der Waals surface area contributed by atoms with Crippen LogP contribution in [0.25, 0.3) is 0 Å². The standard InChI is InChI=1S/C12H13F3N4O2/c13-12(14,15)8-18(6-9-2-1-5-21-9)11(20)7-19-4-3-10(16)17-19/h1-5H,6-8H2,(H2,16,17). The van der Waals surface area contributed by atoms with Crippen LogP contribution in [0.15, 0.2) is 35.1 Å². The van der Waals surface area contributed by atoms with Crippen LogP contribution >= 0.6 is 0 Å². The van der Waals surface area contributed by atoms with Gasteiger partial charge < -0.3 is 15.1 Å². The van der Waals surface area contributed by atoms with Crippen molar-refractivity contribution in [2.24, 2.45) is 0 Å². The van der Waals surface area contributed by atoms with Gasteiger partial charge in [-0.1, -0.05) is 0 Å². The Balaban J connectivity index is 2.08. The number of nitrogens with zero attached hydrogens (tertiary/aromatic N) is 3. The van der Waals surface area contributed by atoms with Crippen molar-refractivity contribution >= 4 is 11.7 Å². The van der Waals surface area contributed by atoms with E-state index in [1.54, 1.807) is 6.07 Å². The van der Waals surface area contributed by atoms with Crippen LogP contribution in [-0.4, -0.2) is 33.3 Å². The molecular formula is C12H13F3N4O2. The SMILES string of the molecule is Nc1ccn(CC(=O)N(Cc2ccco2)CC(F)(F)F)n1. The van der Waals surface area contributed by atoms with Crippen molar-refractivity contribution < 1.29 is 22.4 Å². The number of amides is 1. The fourth-order valence-corrected chi connectivity index (χ4v) is 1.74. The molecule has 0 atom stereocenters. The summed E-state index contributed by atoms with van der Waals surface area (Å²) in [6, 6.07) is 4.50. The van der Waals surface area contributed by atoms with E-state index in [9.17, 15) is 18.0 Å². The molecule has 2 aromatic heterocycles. The largest absolute Gasteiger partial charge is 0.467 e. The highest BCUT2D eigenvalue weighted by molar-refractivity contribution is 5.76. The summed E-state index contributed by atoms with van der Waals surface area (Å²) in [5.74, 6) is -0.268. The topological polar surface area (TPSA) is 77.3 Å². The van der Waals surface area contributed by atoms with E-state index in [1.165, 1.54) is 29.3 Å². The molecule has 114 valence electrons. The van der Waals surface area contributed by atoms with Gasteiger partial charge in [-0.2, -0.15) is 18.3 Å². The fraction of sp³-hybridized carbons (Fsp3) is 0.333. The Kier molecular flexibility index (Phi) is 4.20. The third-order valence-electron chi connectivity index (χ3n) is 2.61. The molecule has 0 spiro atoms. The minimum atomic E-state index is -4.49. The lowest BCUT2D eigenvalue weighted by Gasteiger charge is -2.23. The van der Waals surface area contributed by atoms with Gasteiger partial charge in [0, 0.05) is 6.20 Å². The lowest BCUT2D eigenvalue weighted by atomic mass is 10.3. The highest BCUT2D eigenvalue weighted by Crippen LogP contribution is 2.19. The second-order valence-electron chi connectivity index (χ2n) is 4.38. The van der Waals surface area contributed by atoms with E-state index >= 15 is 0 Å². The maximum Gasteiger partial charge on any atom is 0.406 e. The zero-order chi connectivity index (χ0) is 15.5. The van der Waals surface area contributed by atoms with Crippen molar-refractivity contribution in [3.63, 3.8) is 0 Å². The zero-order valence-electron chi connectivity index (χ0n) is 10.9. The number of alkyl halides is 3. The van der Waals surface area contributed by atoms with Crippen molar-refractivity contribution in [1.29, 1.82) is 0 Å². The molecule has 0 unspecified atom stereocenters. The summed E-state index contributed by atoms with van der Waals surface area (Å²) in [7, 11) is 0. The first kappa shape index (κ1) is 14.9. The van der Waals surface area contributed by atoms with Crippen LogP contribution < -0.4 is 5.73 Å². The van der Waals surface area contributed by atoms with Crippen LogP contribution in [0.1, 0.15) is 5.76 Å². The van der Waals surface area contributed by atoms with Crippen LogP contribution in [0.4, 0.5) is 19.0 Å². The molecule has 1 amide bonds. The summed E-state index contributed by atoms with van der Waals surface area (Å²) in [6.45, 7) is -1.95. The van der Waals surface area contributed by atoms with E-state index in [2.05, 4.69) is 5.10 Å². The van der Waals surface area contributed by atoms with Gasteiger partial charge in [0.15, 0.2) is 0 Å². The van der Waals surface area contributed by atoms with E-state index in [1.807, 2.05) is 0 Å². The summed E-state index contributed by atoms with van der Waals surface area (Å²) in [6.07, 6.45) is -1.74. The number of rotatable bonds is 5. The average Bonchev–Trinajstić information content (AvgIpc) is 2.98. The van der Waals surface area contributed by atoms with E-state index in [4.69, 9.17) is 10.2 Å². The lowest BCUT2D eigenvalue weighted by molar-refractivity contribution is -0.163. The van der Waals surface area contributed by atoms with Gasteiger partial charge in [-0.3, -0.25) is 9.48 Å². The first-order valence-electron chi connectivity index (χ1n) is 5.99. The molecule has 0 aliphatic heterocycles. The summed E-state index contributed by atoms with van der Waals surface area (Å²) >= 11 is 0. The highest BCUT2D eigenvalue weighted by atomic mass is 19.4. The van der Waals surface area contributed by atoms with Crippen molar-refractivity contribution in [3.8, 4) is 0 Å². The van der Waals surface area contributed by atoms with E-state index in [0.717, 1.165) is 0 Å². The number of hydrogen-bond acceptors (Lipinski definition) is 4. The molecule has 0 aliphatic carbocycles. The molecular weight excluding hydrogens is 289 g/mol. The number of halogens is 3. The summed E-state index contributed by atoms with van der Waals surface area (Å²) in [5.41, 5.74) is 5.39. The van der Waals surface area contributed by atoms with E-state index in [-0.39, 0.29) is 24.7 Å². The quantitative estimate of drug-likeness (QED) is 0.911. The van der Waals surface area contributed by atoms with E-state index in [0.29, 0.717) is 4.90 Å². The Bertz CT molecular complexity index is 592. The average molecular weight is 302 g/mol. The highest BCUT2D eigenvalue weighted by Gasteiger charge is 2.33. The Hall–Kier alpha value is -2.45. The molecule has 0 radical (unpaired) electrons. The smallest absolute Gasteiger partial charge is 0.406 e. The third-order valence-corrected chi connectivity index (χ3v) is 2.61.